The van der Waals surface area contributed by atoms with Gasteiger partial charge in [-0.2, -0.15) is 0 Å². The number of fused-ring (bicyclic) bond motifs is 1. The van der Waals surface area contributed by atoms with Crippen molar-refractivity contribution < 1.29 is 37.8 Å². The van der Waals surface area contributed by atoms with Gasteiger partial charge in [0.1, 0.15) is 10.4 Å². The number of hydrogen-bond acceptors (Lipinski definition) is 5. The summed E-state index contributed by atoms with van der Waals surface area (Å²) in [6.07, 6.45) is 1.93. The van der Waals surface area contributed by atoms with Gasteiger partial charge in [0.15, 0.2) is 9.99 Å². The van der Waals surface area contributed by atoms with Crippen molar-refractivity contribution in [2.45, 2.75) is 25.1 Å². The van der Waals surface area contributed by atoms with Crippen LogP contribution in [0.15, 0.2) is 33.4 Å². The fourth-order valence-electron chi connectivity index (χ4n) is 2.34. The Labute approximate surface area is 182 Å². The Kier molecular flexibility index (Phi) is 10.2. The molecule has 1 N–H and O–H groups in total. The molecular formula is C18H23N2O2S2Y-. The van der Waals surface area contributed by atoms with Crippen LogP contribution in [-0.4, -0.2) is 20.9 Å². The van der Waals surface area contributed by atoms with Crippen molar-refractivity contribution in [3.63, 3.8) is 0 Å². The number of nitrogens with zero attached hydrogens (tertiary/aromatic N) is 2. The van der Waals surface area contributed by atoms with E-state index in [1.54, 1.807) is 7.05 Å². The predicted molar refractivity (Wildman–Crippen MR) is 106 cm³/mol. The van der Waals surface area contributed by atoms with Gasteiger partial charge < -0.3 is 12.5 Å². The van der Waals surface area contributed by atoms with Crippen molar-refractivity contribution in [1.82, 2.24) is 9.55 Å². The van der Waals surface area contributed by atoms with E-state index in [2.05, 4.69) is 4.98 Å². The Morgan fingerprint density at radius 2 is 1.84 bits per heavy atom. The smallest absolute Gasteiger partial charge is 0.263 e. The molecule has 1 radical (unpaired) electrons. The van der Waals surface area contributed by atoms with E-state index in [-0.39, 0.29) is 51.4 Å². The SMILES string of the molecule is CC.CSc1nc2c(s1)c(O)c(-c1ccccc1C)c(=O)n2C.[CH3-].[Y]. The van der Waals surface area contributed by atoms with Crippen LogP contribution in [0.25, 0.3) is 21.5 Å². The van der Waals surface area contributed by atoms with Crippen molar-refractivity contribution in [2.75, 3.05) is 6.26 Å². The largest absolute Gasteiger partial charge is 0.505 e. The minimum absolute atomic E-state index is 0. The zero-order valence-corrected chi connectivity index (χ0v) is 19.9. The maximum absolute atomic E-state index is 12.6. The molecule has 2 aromatic heterocycles. The van der Waals surface area contributed by atoms with E-state index in [1.165, 1.54) is 27.7 Å². The Hall–Kier alpha value is -0.686. The van der Waals surface area contributed by atoms with Gasteiger partial charge >= 0.3 is 0 Å². The van der Waals surface area contributed by atoms with Crippen molar-refractivity contribution in [1.29, 1.82) is 0 Å². The van der Waals surface area contributed by atoms with Gasteiger partial charge in [0, 0.05) is 39.8 Å². The molecule has 7 heteroatoms. The number of aryl methyl sites for hydroxylation is 2. The van der Waals surface area contributed by atoms with Crippen molar-refractivity contribution in [3.8, 4) is 16.9 Å². The molecule has 0 aliphatic carbocycles. The Bertz CT molecular complexity index is 904. The summed E-state index contributed by atoms with van der Waals surface area (Å²) in [5.41, 5.74) is 2.37. The molecular weight excluding hydrogens is 429 g/mol. The first-order valence-corrected chi connectivity index (χ1v) is 9.41. The Morgan fingerprint density at radius 3 is 2.40 bits per heavy atom. The van der Waals surface area contributed by atoms with Gasteiger partial charge in [-0.1, -0.05) is 49.9 Å². The maximum atomic E-state index is 12.6. The topological polar surface area (TPSA) is 55.1 Å². The van der Waals surface area contributed by atoms with Crippen LogP contribution in [0, 0.1) is 14.4 Å². The molecule has 0 atom stereocenters. The summed E-state index contributed by atoms with van der Waals surface area (Å²) in [6, 6.07) is 7.56. The summed E-state index contributed by atoms with van der Waals surface area (Å²) in [7, 11) is 1.69. The molecule has 0 bridgehead atoms. The molecule has 4 nitrogen and oxygen atoms in total. The molecule has 0 saturated carbocycles. The molecule has 3 aromatic rings. The molecule has 1 aromatic carbocycles. The second kappa shape index (κ2) is 10.5. The van der Waals surface area contributed by atoms with Gasteiger partial charge in [-0.3, -0.25) is 9.36 Å². The summed E-state index contributed by atoms with van der Waals surface area (Å²) < 4.78 is 2.99. The monoisotopic (exact) mass is 452 g/mol. The standard InChI is InChI=1S/C15H14N2O2S2.C2H6.CH3.Y/c1-8-6-4-5-7-9(8)10-11(18)12-13(17(2)14(10)19)16-15(20-3)21-12;1-2;;/h4-7,18H,1-3H3;1-2H3;1H3;/q;;-1;. The molecule has 25 heavy (non-hydrogen) atoms. The van der Waals surface area contributed by atoms with Crippen LogP contribution in [0.4, 0.5) is 0 Å². The molecule has 0 unspecified atom stereocenters. The molecule has 0 aliphatic rings. The minimum Gasteiger partial charge on any atom is -0.505 e. The van der Waals surface area contributed by atoms with Crippen molar-refractivity contribution in [2.24, 2.45) is 7.05 Å². The summed E-state index contributed by atoms with van der Waals surface area (Å²) in [6.45, 7) is 5.93. The van der Waals surface area contributed by atoms with Crippen LogP contribution < -0.4 is 5.56 Å². The fourth-order valence-corrected chi connectivity index (χ4v) is 3.88. The normalized spacial score (nSPS) is 9.64. The van der Waals surface area contributed by atoms with Gasteiger partial charge in [-0.25, -0.2) is 4.98 Å². The zero-order valence-electron chi connectivity index (χ0n) is 15.5. The van der Waals surface area contributed by atoms with Crippen LogP contribution in [0.5, 0.6) is 5.75 Å². The predicted octanol–water partition coefficient (Wildman–Crippen LogP) is 4.87. The van der Waals surface area contributed by atoms with E-state index in [0.717, 1.165) is 15.5 Å². The number of rotatable bonds is 2. The minimum atomic E-state index is -0.229. The Morgan fingerprint density at radius 1 is 1.24 bits per heavy atom. The van der Waals surface area contributed by atoms with Crippen LogP contribution >= 0.6 is 23.1 Å². The van der Waals surface area contributed by atoms with Gasteiger partial charge in [0.05, 0.1) is 5.56 Å². The number of benzene rings is 1. The summed E-state index contributed by atoms with van der Waals surface area (Å²) in [4.78, 5) is 17.0. The number of aromatic nitrogens is 2. The molecule has 2 heterocycles. The summed E-state index contributed by atoms with van der Waals surface area (Å²) >= 11 is 2.91. The van der Waals surface area contributed by atoms with Crippen LogP contribution in [0.1, 0.15) is 19.4 Å². The number of hydrogen-bond donors (Lipinski definition) is 1. The van der Waals surface area contributed by atoms with E-state index in [0.29, 0.717) is 15.9 Å². The second-order valence-corrected chi connectivity index (χ2v) is 6.79. The quantitative estimate of drug-likeness (QED) is 0.445. The van der Waals surface area contributed by atoms with Crippen LogP contribution in [0.3, 0.4) is 0 Å². The first kappa shape index (κ1) is 24.3. The zero-order chi connectivity index (χ0) is 17.1. The fraction of sp³-hybridized carbons (Fsp3) is 0.278. The second-order valence-electron chi connectivity index (χ2n) is 4.74. The van der Waals surface area contributed by atoms with Crippen molar-refractivity contribution in [3.05, 3.63) is 47.6 Å². The average Bonchev–Trinajstić information content (AvgIpc) is 3.01. The van der Waals surface area contributed by atoms with Gasteiger partial charge in [0.25, 0.3) is 5.56 Å². The molecule has 0 aliphatic heterocycles. The number of thioether (sulfide) groups is 1. The molecule has 0 spiro atoms. The molecule has 0 amide bonds. The summed E-state index contributed by atoms with van der Waals surface area (Å²) in [5.74, 6) is 0.0280. The van der Waals surface area contributed by atoms with E-state index in [4.69, 9.17) is 0 Å². The van der Waals surface area contributed by atoms with E-state index >= 15 is 0 Å². The number of thiazole rings is 1. The van der Waals surface area contributed by atoms with Crippen LogP contribution in [-0.2, 0) is 39.8 Å². The third-order valence-electron chi connectivity index (χ3n) is 3.47. The first-order chi connectivity index (χ1) is 11.0. The van der Waals surface area contributed by atoms with Gasteiger partial charge in [-0.15, -0.1) is 11.3 Å². The molecule has 0 fully saturated rings. The summed E-state index contributed by atoms with van der Waals surface area (Å²) in [5, 5.41) is 10.6. The molecule has 0 saturated heterocycles. The number of pyridine rings is 1. The van der Waals surface area contributed by atoms with Gasteiger partial charge in [-0.05, 0) is 24.3 Å². The third kappa shape index (κ3) is 4.54. The van der Waals surface area contributed by atoms with E-state index in [1.807, 2.05) is 51.3 Å². The Balaban J connectivity index is 0.00000139. The van der Waals surface area contributed by atoms with Gasteiger partial charge in [0.2, 0.25) is 0 Å². The van der Waals surface area contributed by atoms with E-state index < -0.39 is 0 Å². The third-order valence-corrected chi connectivity index (χ3v) is 5.50. The molecule has 3 rings (SSSR count). The van der Waals surface area contributed by atoms with Crippen molar-refractivity contribution >= 4 is 33.4 Å². The molecule has 133 valence electrons. The average molecular weight is 452 g/mol. The maximum Gasteiger partial charge on any atom is 0.263 e. The number of aromatic hydroxyl groups is 1. The van der Waals surface area contributed by atoms with E-state index in [9.17, 15) is 9.90 Å². The van der Waals surface area contributed by atoms with Crippen LogP contribution in [0.2, 0.25) is 0 Å². The first-order valence-electron chi connectivity index (χ1n) is 7.37.